The van der Waals surface area contributed by atoms with Crippen LogP contribution >= 0.6 is 11.9 Å². The molecule has 0 aliphatic heterocycles. The average Bonchev–Trinajstić information content (AvgIpc) is 2.25. The summed E-state index contributed by atoms with van der Waals surface area (Å²) >= 11 is 1.84. The fraction of sp³-hybridized carbons (Fsp3) is 0.500. The van der Waals surface area contributed by atoms with Gasteiger partial charge in [-0.15, -0.1) is 0 Å². The summed E-state index contributed by atoms with van der Waals surface area (Å²) in [5.41, 5.74) is 1.36. The van der Waals surface area contributed by atoms with Crippen LogP contribution in [0.5, 0.6) is 0 Å². The first-order chi connectivity index (χ1) is 6.93. The second kappa shape index (κ2) is 7.89. The highest BCUT2D eigenvalue weighted by molar-refractivity contribution is 7.97. The van der Waals surface area contributed by atoms with Crippen molar-refractivity contribution < 1.29 is 0 Å². The van der Waals surface area contributed by atoms with Crippen molar-refractivity contribution in [2.24, 2.45) is 0 Å². The molecule has 0 atom stereocenters. The molecule has 1 aromatic carbocycles. The maximum Gasteiger partial charge on any atom is 0.0309 e. The van der Waals surface area contributed by atoms with E-state index in [4.69, 9.17) is 0 Å². The van der Waals surface area contributed by atoms with Gasteiger partial charge in [0, 0.05) is 12.3 Å². The van der Waals surface area contributed by atoms with Crippen molar-refractivity contribution in [3.8, 4) is 0 Å². The Labute approximate surface area is 91.4 Å². The van der Waals surface area contributed by atoms with Gasteiger partial charge in [-0.3, -0.25) is 4.72 Å². The van der Waals surface area contributed by atoms with Gasteiger partial charge in [0.15, 0.2) is 0 Å². The zero-order chi connectivity index (χ0) is 10.1. The number of nitrogens with one attached hydrogen (secondary N) is 1. The minimum Gasteiger partial charge on any atom is -0.260 e. The summed E-state index contributed by atoms with van der Waals surface area (Å²) in [4.78, 5) is 0. The van der Waals surface area contributed by atoms with Gasteiger partial charge in [0.25, 0.3) is 0 Å². The second-order valence-electron chi connectivity index (χ2n) is 3.36. The third-order valence-corrected chi connectivity index (χ3v) is 2.91. The minimum atomic E-state index is 0.970. The van der Waals surface area contributed by atoms with Crippen molar-refractivity contribution in [1.82, 2.24) is 4.72 Å². The lowest BCUT2D eigenvalue weighted by Gasteiger charge is -2.03. The lowest BCUT2D eigenvalue weighted by Crippen LogP contribution is -2.03. The highest BCUT2D eigenvalue weighted by Gasteiger charge is 1.91. The lowest BCUT2D eigenvalue weighted by atomic mass is 10.2. The third kappa shape index (κ3) is 5.30. The van der Waals surface area contributed by atoms with Gasteiger partial charge in [-0.25, -0.2) is 0 Å². The van der Waals surface area contributed by atoms with Gasteiger partial charge in [-0.05, 0) is 12.0 Å². The van der Waals surface area contributed by atoms with E-state index in [-0.39, 0.29) is 0 Å². The zero-order valence-electron chi connectivity index (χ0n) is 8.83. The van der Waals surface area contributed by atoms with Crippen LogP contribution in [-0.2, 0) is 6.54 Å². The summed E-state index contributed by atoms with van der Waals surface area (Å²) in [6, 6.07) is 10.5. The predicted molar refractivity (Wildman–Crippen MR) is 65.3 cm³/mol. The van der Waals surface area contributed by atoms with Crippen molar-refractivity contribution in [1.29, 1.82) is 0 Å². The first-order valence-corrected chi connectivity index (χ1v) is 6.30. The smallest absolute Gasteiger partial charge is 0.0309 e. The molecule has 0 aromatic heterocycles. The van der Waals surface area contributed by atoms with Crippen LogP contribution in [0.15, 0.2) is 30.3 Å². The summed E-state index contributed by atoms with van der Waals surface area (Å²) < 4.78 is 3.38. The number of hydrogen-bond donors (Lipinski definition) is 1. The molecule has 0 amide bonds. The molecule has 0 aliphatic rings. The largest absolute Gasteiger partial charge is 0.260 e. The van der Waals surface area contributed by atoms with E-state index >= 15 is 0 Å². The SMILES string of the molecule is CCCCCSNCc1ccccc1. The fourth-order valence-electron chi connectivity index (χ4n) is 1.23. The fourth-order valence-corrected chi connectivity index (χ4v) is 1.99. The number of benzene rings is 1. The van der Waals surface area contributed by atoms with Gasteiger partial charge in [0.05, 0.1) is 0 Å². The van der Waals surface area contributed by atoms with Crippen LogP contribution in [-0.4, -0.2) is 5.75 Å². The van der Waals surface area contributed by atoms with Crippen molar-refractivity contribution in [3.63, 3.8) is 0 Å². The highest BCUT2D eigenvalue weighted by atomic mass is 32.2. The van der Waals surface area contributed by atoms with Gasteiger partial charge in [-0.2, -0.15) is 0 Å². The van der Waals surface area contributed by atoms with Crippen molar-refractivity contribution in [2.45, 2.75) is 32.7 Å². The van der Waals surface area contributed by atoms with E-state index in [1.807, 2.05) is 11.9 Å². The Kier molecular flexibility index (Phi) is 6.54. The van der Waals surface area contributed by atoms with Crippen molar-refractivity contribution in [2.75, 3.05) is 5.75 Å². The van der Waals surface area contributed by atoms with Crippen LogP contribution in [0.2, 0.25) is 0 Å². The Morgan fingerprint density at radius 2 is 1.93 bits per heavy atom. The molecule has 1 N–H and O–H groups in total. The Balaban J connectivity index is 1.99. The summed E-state index contributed by atoms with van der Waals surface area (Å²) in [7, 11) is 0. The lowest BCUT2D eigenvalue weighted by molar-refractivity contribution is 0.776. The van der Waals surface area contributed by atoms with Gasteiger partial charge >= 0.3 is 0 Å². The molecule has 1 aromatic rings. The molecule has 0 aliphatic carbocycles. The monoisotopic (exact) mass is 209 g/mol. The Bertz CT molecular complexity index is 223. The molecule has 0 fully saturated rings. The van der Waals surface area contributed by atoms with E-state index in [0.29, 0.717) is 0 Å². The zero-order valence-corrected chi connectivity index (χ0v) is 9.65. The summed E-state index contributed by atoms with van der Waals surface area (Å²) in [6.45, 7) is 3.21. The summed E-state index contributed by atoms with van der Waals surface area (Å²) in [5, 5.41) is 0. The molecule has 14 heavy (non-hydrogen) atoms. The Morgan fingerprint density at radius 3 is 2.64 bits per heavy atom. The van der Waals surface area contributed by atoms with Crippen molar-refractivity contribution in [3.05, 3.63) is 35.9 Å². The third-order valence-electron chi connectivity index (χ3n) is 2.07. The average molecular weight is 209 g/mol. The standard InChI is InChI=1S/C12H19NS/c1-2-3-7-10-14-13-11-12-8-5-4-6-9-12/h4-6,8-9,13H,2-3,7,10-11H2,1H3. The maximum absolute atomic E-state index is 3.38. The normalized spacial score (nSPS) is 10.4. The van der Waals surface area contributed by atoms with Gasteiger partial charge < -0.3 is 0 Å². The summed E-state index contributed by atoms with van der Waals surface area (Å²) in [5.74, 6) is 1.22. The minimum absolute atomic E-state index is 0.970. The Hall–Kier alpha value is -0.470. The van der Waals surface area contributed by atoms with E-state index in [0.717, 1.165) is 6.54 Å². The second-order valence-corrected chi connectivity index (χ2v) is 4.35. The summed E-state index contributed by atoms with van der Waals surface area (Å²) in [6.07, 6.45) is 3.97. The van der Waals surface area contributed by atoms with Gasteiger partial charge in [0.1, 0.15) is 0 Å². The molecule has 1 rings (SSSR count). The molecule has 0 bridgehead atoms. The molecule has 1 nitrogen and oxygen atoms in total. The van der Waals surface area contributed by atoms with Gasteiger partial charge in [-0.1, -0.05) is 62.0 Å². The van der Waals surface area contributed by atoms with E-state index < -0.39 is 0 Å². The van der Waals surface area contributed by atoms with Gasteiger partial charge in [0.2, 0.25) is 0 Å². The quantitative estimate of drug-likeness (QED) is 0.544. The van der Waals surface area contributed by atoms with Crippen LogP contribution in [0, 0.1) is 0 Å². The first kappa shape index (κ1) is 11.6. The molecule has 0 saturated heterocycles. The first-order valence-electron chi connectivity index (χ1n) is 5.32. The van der Waals surface area contributed by atoms with Crippen molar-refractivity contribution >= 4 is 11.9 Å². The van der Waals surface area contributed by atoms with E-state index in [1.165, 1.54) is 30.6 Å². The molecule has 0 radical (unpaired) electrons. The van der Waals surface area contributed by atoms with E-state index in [2.05, 4.69) is 42.0 Å². The van der Waals surface area contributed by atoms with Crippen LogP contribution in [0.1, 0.15) is 31.7 Å². The molecular weight excluding hydrogens is 190 g/mol. The maximum atomic E-state index is 3.38. The van der Waals surface area contributed by atoms with Crippen LogP contribution < -0.4 is 4.72 Å². The highest BCUT2D eigenvalue weighted by Crippen LogP contribution is 2.04. The molecule has 0 saturated carbocycles. The molecule has 78 valence electrons. The molecule has 0 heterocycles. The number of hydrogen-bond acceptors (Lipinski definition) is 2. The Morgan fingerprint density at radius 1 is 1.14 bits per heavy atom. The van der Waals surface area contributed by atoms with Crippen LogP contribution in [0.3, 0.4) is 0 Å². The molecule has 0 unspecified atom stereocenters. The van der Waals surface area contributed by atoms with Crippen LogP contribution in [0.4, 0.5) is 0 Å². The molecule has 0 spiro atoms. The van der Waals surface area contributed by atoms with E-state index in [9.17, 15) is 0 Å². The molecular formula is C12H19NS. The van der Waals surface area contributed by atoms with Crippen LogP contribution in [0.25, 0.3) is 0 Å². The topological polar surface area (TPSA) is 12.0 Å². The number of unbranched alkanes of at least 4 members (excludes halogenated alkanes) is 2. The molecule has 2 heteroatoms. The predicted octanol–water partition coefficient (Wildman–Crippen LogP) is 3.61. The number of rotatable bonds is 7. The van der Waals surface area contributed by atoms with E-state index in [1.54, 1.807) is 0 Å².